The Hall–Kier alpha value is -1.89. The molecule has 0 aromatic heterocycles. The van der Waals surface area contributed by atoms with Crippen molar-refractivity contribution in [1.82, 2.24) is 0 Å². The summed E-state index contributed by atoms with van der Waals surface area (Å²) in [6.07, 6.45) is 1.96. The third kappa shape index (κ3) is 3.31. The van der Waals surface area contributed by atoms with Crippen molar-refractivity contribution in [2.24, 2.45) is 4.99 Å². The lowest BCUT2D eigenvalue weighted by atomic mass is 9.83. The maximum absolute atomic E-state index is 4.54. The summed E-state index contributed by atoms with van der Waals surface area (Å²) in [5.41, 5.74) is 5.04. The quantitative estimate of drug-likeness (QED) is 0.663. The van der Waals surface area contributed by atoms with Crippen LogP contribution < -0.4 is 0 Å². The van der Waals surface area contributed by atoms with Gasteiger partial charge in [-0.05, 0) is 41.2 Å². The average Bonchev–Trinajstić information content (AvgIpc) is 2.37. The Balaban J connectivity index is 2.34. The third-order valence-corrected chi connectivity index (χ3v) is 3.29. The summed E-state index contributed by atoms with van der Waals surface area (Å²) in [5.74, 6) is 0. The van der Waals surface area contributed by atoms with Gasteiger partial charge in [-0.1, -0.05) is 57.2 Å². The van der Waals surface area contributed by atoms with E-state index in [1.165, 1.54) is 16.7 Å². The minimum atomic E-state index is 0.167. The van der Waals surface area contributed by atoms with Crippen LogP contribution in [0, 0.1) is 6.92 Å². The van der Waals surface area contributed by atoms with Gasteiger partial charge in [0.05, 0.1) is 5.69 Å². The number of hydrogen-bond donors (Lipinski definition) is 0. The highest BCUT2D eigenvalue weighted by Crippen LogP contribution is 2.27. The van der Waals surface area contributed by atoms with Gasteiger partial charge in [0.15, 0.2) is 0 Å². The van der Waals surface area contributed by atoms with E-state index >= 15 is 0 Å². The summed E-state index contributed by atoms with van der Waals surface area (Å²) in [4.78, 5) is 4.54. The smallest absolute Gasteiger partial charge is 0.0629 e. The van der Waals surface area contributed by atoms with Gasteiger partial charge in [0, 0.05) is 6.21 Å². The Kier molecular flexibility index (Phi) is 3.84. The molecule has 0 unspecified atom stereocenters. The van der Waals surface area contributed by atoms with Crippen molar-refractivity contribution in [3.8, 4) is 0 Å². The van der Waals surface area contributed by atoms with E-state index in [4.69, 9.17) is 0 Å². The van der Waals surface area contributed by atoms with Crippen molar-refractivity contribution in [2.75, 3.05) is 0 Å². The fourth-order valence-corrected chi connectivity index (χ4v) is 2.26. The van der Waals surface area contributed by atoms with Crippen molar-refractivity contribution < 1.29 is 0 Å². The normalized spacial score (nSPS) is 12.0. The zero-order chi connectivity index (χ0) is 13.9. The molecule has 2 aromatic rings. The molecule has 0 saturated heterocycles. The lowest BCUT2D eigenvalue weighted by Crippen LogP contribution is -2.13. The highest BCUT2D eigenvalue weighted by atomic mass is 14.7. The molecule has 1 heteroatoms. The molecule has 2 rings (SSSR count). The summed E-state index contributed by atoms with van der Waals surface area (Å²) < 4.78 is 0. The standard InChI is InChI=1S/C18H21N/c1-14-15(9-8-12-17(14)18(2,3)4)13-19-16-10-6-5-7-11-16/h5-13H,1-4H3. The van der Waals surface area contributed by atoms with E-state index in [-0.39, 0.29) is 5.41 Å². The predicted molar refractivity (Wildman–Crippen MR) is 83.6 cm³/mol. The van der Waals surface area contributed by atoms with Gasteiger partial charge in [0.25, 0.3) is 0 Å². The van der Waals surface area contributed by atoms with Gasteiger partial charge in [-0.25, -0.2) is 0 Å². The lowest BCUT2D eigenvalue weighted by Gasteiger charge is -2.22. The summed E-state index contributed by atoms with van der Waals surface area (Å²) >= 11 is 0. The zero-order valence-electron chi connectivity index (χ0n) is 12.1. The largest absolute Gasteiger partial charge is 0.256 e. The SMILES string of the molecule is Cc1c(C=Nc2ccccc2)cccc1C(C)(C)C. The minimum absolute atomic E-state index is 0.167. The molecular weight excluding hydrogens is 230 g/mol. The molecule has 98 valence electrons. The van der Waals surface area contributed by atoms with Crippen molar-refractivity contribution in [1.29, 1.82) is 0 Å². The molecule has 0 heterocycles. The highest BCUT2D eigenvalue weighted by molar-refractivity contribution is 5.84. The predicted octanol–water partition coefficient (Wildman–Crippen LogP) is 5.04. The van der Waals surface area contributed by atoms with E-state index in [1.54, 1.807) is 0 Å². The summed E-state index contributed by atoms with van der Waals surface area (Å²) in [7, 11) is 0. The molecule has 0 radical (unpaired) electrons. The van der Waals surface area contributed by atoms with Crippen LogP contribution in [0.25, 0.3) is 0 Å². The highest BCUT2D eigenvalue weighted by Gasteiger charge is 2.16. The number of benzene rings is 2. The maximum atomic E-state index is 4.54. The van der Waals surface area contributed by atoms with Crippen LogP contribution in [0.1, 0.15) is 37.5 Å². The molecule has 0 fully saturated rings. The van der Waals surface area contributed by atoms with Crippen LogP contribution in [0.2, 0.25) is 0 Å². The van der Waals surface area contributed by atoms with Crippen LogP contribution >= 0.6 is 0 Å². The van der Waals surface area contributed by atoms with Crippen molar-refractivity contribution >= 4 is 11.9 Å². The average molecular weight is 251 g/mol. The van der Waals surface area contributed by atoms with Gasteiger partial charge in [0.1, 0.15) is 0 Å². The first-order valence-electron chi connectivity index (χ1n) is 6.68. The molecule has 0 bridgehead atoms. The minimum Gasteiger partial charge on any atom is -0.256 e. The van der Waals surface area contributed by atoms with Crippen LogP contribution in [0.15, 0.2) is 53.5 Å². The number of aliphatic imine (C=N–C) groups is 1. The van der Waals surface area contributed by atoms with E-state index in [0.717, 1.165) is 5.69 Å². The Morgan fingerprint density at radius 2 is 1.58 bits per heavy atom. The van der Waals surface area contributed by atoms with E-state index in [2.05, 4.69) is 50.9 Å². The van der Waals surface area contributed by atoms with Crippen molar-refractivity contribution in [3.63, 3.8) is 0 Å². The van der Waals surface area contributed by atoms with Gasteiger partial charge >= 0.3 is 0 Å². The van der Waals surface area contributed by atoms with Crippen molar-refractivity contribution in [3.05, 3.63) is 65.2 Å². The molecule has 0 N–H and O–H groups in total. The zero-order valence-corrected chi connectivity index (χ0v) is 12.1. The van der Waals surface area contributed by atoms with Crippen LogP contribution in [-0.2, 0) is 5.41 Å². The van der Waals surface area contributed by atoms with Gasteiger partial charge in [-0.15, -0.1) is 0 Å². The Bertz CT molecular complexity index is 574. The Morgan fingerprint density at radius 1 is 0.895 bits per heavy atom. The van der Waals surface area contributed by atoms with Crippen LogP contribution in [-0.4, -0.2) is 6.21 Å². The molecule has 19 heavy (non-hydrogen) atoms. The lowest BCUT2D eigenvalue weighted by molar-refractivity contribution is 0.586. The first kappa shape index (κ1) is 13.5. The molecule has 0 saturated carbocycles. The molecule has 2 aromatic carbocycles. The molecule has 0 atom stereocenters. The van der Waals surface area contributed by atoms with Gasteiger partial charge in [-0.2, -0.15) is 0 Å². The Labute approximate surface area is 116 Å². The van der Waals surface area contributed by atoms with Gasteiger partial charge in [0.2, 0.25) is 0 Å². The number of para-hydroxylation sites is 1. The van der Waals surface area contributed by atoms with Crippen molar-refractivity contribution in [2.45, 2.75) is 33.1 Å². The molecule has 0 aliphatic carbocycles. The van der Waals surface area contributed by atoms with E-state index in [0.29, 0.717) is 0 Å². The van der Waals surface area contributed by atoms with Crippen LogP contribution in [0.5, 0.6) is 0 Å². The van der Waals surface area contributed by atoms with E-state index in [1.807, 2.05) is 36.5 Å². The second-order valence-corrected chi connectivity index (χ2v) is 5.86. The molecule has 1 nitrogen and oxygen atoms in total. The molecule has 0 aliphatic rings. The van der Waals surface area contributed by atoms with E-state index < -0.39 is 0 Å². The third-order valence-electron chi connectivity index (χ3n) is 3.29. The summed E-state index contributed by atoms with van der Waals surface area (Å²) in [5, 5.41) is 0. The van der Waals surface area contributed by atoms with Gasteiger partial charge < -0.3 is 0 Å². The molecule has 0 amide bonds. The molecule has 0 aliphatic heterocycles. The Morgan fingerprint density at radius 3 is 2.21 bits per heavy atom. The fraction of sp³-hybridized carbons (Fsp3) is 0.278. The molecule has 0 spiro atoms. The second kappa shape index (κ2) is 5.40. The van der Waals surface area contributed by atoms with E-state index in [9.17, 15) is 0 Å². The second-order valence-electron chi connectivity index (χ2n) is 5.86. The number of hydrogen-bond acceptors (Lipinski definition) is 1. The van der Waals surface area contributed by atoms with Crippen LogP contribution in [0.3, 0.4) is 0 Å². The van der Waals surface area contributed by atoms with Crippen LogP contribution in [0.4, 0.5) is 5.69 Å². The fourth-order valence-electron chi connectivity index (χ4n) is 2.26. The summed E-state index contributed by atoms with van der Waals surface area (Å²) in [6.45, 7) is 8.90. The summed E-state index contributed by atoms with van der Waals surface area (Å²) in [6, 6.07) is 16.5. The topological polar surface area (TPSA) is 12.4 Å². The molecular formula is C18H21N. The monoisotopic (exact) mass is 251 g/mol. The first-order chi connectivity index (χ1) is 8.98. The number of nitrogens with zero attached hydrogens (tertiary/aromatic N) is 1. The first-order valence-corrected chi connectivity index (χ1v) is 6.68. The number of rotatable bonds is 2. The van der Waals surface area contributed by atoms with Gasteiger partial charge in [-0.3, -0.25) is 4.99 Å². The maximum Gasteiger partial charge on any atom is 0.0629 e.